The van der Waals surface area contributed by atoms with E-state index in [2.05, 4.69) is 37.7 Å². The van der Waals surface area contributed by atoms with Crippen molar-refractivity contribution in [3.05, 3.63) is 23.5 Å². The average Bonchev–Trinajstić information content (AvgIpc) is 3.23. The highest BCUT2D eigenvalue weighted by molar-refractivity contribution is 6.05. The Hall–Kier alpha value is -2.48. The predicted octanol–water partition coefficient (Wildman–Crippen LogP) is 2.91. The SMILES string of the molecule is CC(C)c1cc(C(=O)N2CCN(CC(=O)N3CCCCC3)CC2)c2cnn(C(C)C)c2n1. The number of piperidine rings is 1. The van der Waals surface area contributed by atoms with Crippen LogP contribution in [0.1, 0.15) is 75.0 Å². The molecule has 2 aromatic rings. The van der Waals surface area contributed by atoms with E-state index < -0.39 is 0 Å². The van der Waals surface area contributed by atoms with Crippen LogP contribution in [-0.2, 0) is 4.79 Å². The molecule has 0 spiro atoms. The first-order valence-electron chi connectivity index (χ1n) is 12.0. The minimum atomic E-state index is 0.0320. The molecule has 4 rings (SSSR count). The molecule has 4 heterocycles. The molecule has 32 heavy (non-hydrogen) atoms. The number of carbonyl (C=O) groups is 2. The zero-order valence-corrected chi connectivity index (χ0v) is 19.9. The lowest BCUT2D eigenvalue weighted by molar-refractivity contribution is -0.133. The molecule has 174 valence electrons. The standard InChI is InChI=1S/C24H36N6O2/c1-17(2)21-14-19(20-15-25-30(18(3)4)23(20)26-21)24(32)29-12-10-27(11-13-29)16-22(31)28-8-6-5-7-9-28/h14-15,17-18H,5-13,16H2,1-4H3. The fourth-order valence-electron chi connectivity index (χ4n) is 4.60. The maximum absolute atomic E-state index is 13.5. The first-order chi connectivity index (χ1) is 15.3. The number of pyridine rings is 1. The lowest BCUT2D eigenvalue weighted by Gasteiger charge is -2.36. The molecule has 0 aliphatic carbocycles. The van der Waals surface area contributed by atoms with E-state index in [0.29, 0.717) is 25.2 Å². The maximum Gasteiger partial charge on any atom is 0.254 e. The van der Waals surface area contributed by atoms with Crippen molar-refractivity contribution in [2.75, 3.05) is 45.8 Å². The van der Waals surface area contributed by atoms with Gasteiger partial charge in [-0.15, -0.1) is 0 Å². The zero-order valence-electron chi connectivity index (χ0n) is 19.9. The van der Waals surface area contributed by atoms with Crippen molar-refractivity contribution >= 4 is 22.8 Å². The average molecular weight is 441 g/mol. The first kappa shape index (κ1) is 22.7. The maximum atomic E-state index is 13.5. The number of hydrogen-bond donors (Lipinski definition) is 0. The molecule has 2 amide bonds. The highest BCUT2D eigenvalue weighted by Gasteiger charge is 2.27. The van der Waals surface area contributed by atoms with Gasteiger partial charge in [-0.05, 0) is 45.1 Å². The number of rotatable bonds is 5. The Morgan fingerprint density at radius 2 is 1.62 bits per heavy atom. The lowest BCUT2D eigenvalue weighted by atomic mass is 10.0. The number of piperazine rings is 1. The van der Waals surface area contributed by atoms with Gasteiger partial charge in [0.15, 0.2) is 5.65 Å². The Labute approximate surface area is 190 Å². The number of aromatic nitrogens is 3. The number of fused-ring (bicyclic) bond motifs is 1. The third-order valence-electron chi connectivity index (χ3n) is 6.62. The Balaban J connectivity index is 1.46. The van der Waals surface area contributed by atoms with E-state index in [4.69, 9.17) is 4.98 Å². The Morgan fingerprint density at radius 3 is 2.25 bits per heavy atom. The van der Waals surface area contributed by atoms with Gasteiger partial charge >= 0.3 is 0 Å². The second-order valence-corrected chi connectivity index (χ2v) is 9.68. The molecule has 8 nitrogen and oxygen atoms in total. The van der Waals surface area contributed by atoms with Gasteiger partial charge in [0.1, 0.15) is 0 Å². The van der Waals surface area contributed by atoms with Gasteiger partial charge in [0.25, 0.3) is 5.91 Å². The summed E-state index contributed by atoms with van der Waals surface area (Å²) in [5.41, 5.74) is 2.37. The molecule has 0 N–H and O–H groups in total. The molecule has 0 unspecified atom stereocenters. The van der Waals surface area contributed by atoms with Gasteiger partial charge in [0, 0.05) is 51.0 Å². The highest BCUT2D eigenvalue weighted by atomic mass is 16.2. The van der Waals surface area contributed by atoms with Crippen LogP contribution >= 0.6 is 0 Å². The molecule has 0 radical (unpaired) electrons. The largest absolute Gasteiger partial charge is 0.342 e. The van der Waals surface area contributed by atoms with E-state index in [9.17, 15) is 9.59 Å². The fraction of sp³-hybridized carbons (Fsp3) is 0.667. The third-order valence-corrected chi connectivity index (χ3v) is 6.62. The monoisotopic (exact) mass is 440 g/mol. The smallest absolute Gasteiger partial charge is 0.254 e. The van der Waals surface area contributed by atoms with Crippen LogP contribution in [0.15, 0.2) is 12.3 Å². The van der Waals surface area contributed by atoms with E-state index >= 15 is 0 Å². The van der Waals surface area contributed by atoms with Crippen molar-refractivity contribution < 1.29 is 9.59 Å². The summed E-state index contributed by atoms with van der Waals surface area (Å²) >= 11 is 0. The number of likely N-dealkylation sites (tertiary alicyclic amines) is 1. The van der Waals surface area contributed by atoms with Crippen molar-refractivity contribution in [1.29, 1.82) is 0 Å². The quantitative estimate of drug-likeness (QED) is 0.715. The fourth-order valence-corrected chi connectivity index (χ4v) is 4.60. The summed E-state index contributed by atoms with van der Waals surface area (Å²) in [6, 6.07) is 2.11. The van der Waals surface area contributed by atoms with Crippen molar-refractivity contribution in [2.24, 2.45) is 0 Å². The molecule has 2 aromatic heterocycles. The van der Waals surface area contributed by atoms with Gasteiger partial charge in [-0.1, -0.05) is 13.8 Å². The summed E-state index contributed by atoms with van der Waals surface area (Å²) in [6.45, 7) is 13.3. The van der Waals surface area contributed by atoms with E-state index in [0.717, 1.165) is 55.7 Å². The van der Waals surface area contributed by atoms with Gasteiger partial charge < -0.3 is 9.80 Å². The van der Waals surface area contributed by atoms with Gasteiger partial charge in [-0.3, -0.25) is 14.5 Å². The molecule has 2 aliphatic rings. The number of carbonyl (C=O) groups excluding carboxylic acids is 2. The van der Waals surface area contributed by atoms with Crippen LogP contribution in [0.5, 0.6) is 0 Å². The van der Waals surface area contributed by atoms with Crippen LogP contribution in [0.3, 0.4) is 0 Å². The van der Waals surface area contributed by atoms with E-state index in [1.165, 1.54) is 6.42 Å². The third kappa shape index (κ3) is 4.65. The van der Waals surface area contributed by atoms with Gasteiger partial charge in [-0.25, -0.2) is 9.67 Å². The molecular formula is C24H36N6O2. The van der Waals surface area contributed by atoms with E-state index in [-0.39, 0.29) is 23.8 Å². The topological polar surface area (TPSA) is 74.6 Å². The van der Waals surface area contributed by atoms with Crippen molar-refractivity contribution in [1.82, 2.24) is 29.5 Å². The molecule has 2 saturated heterocycles. The van der Waals surface area contributed by atoms with Crippen LogP contribution in [0.25, 0.3) is 11.0 Å². The zero-order chi connectivity index (χ0) is 22.8. The second-order valence-electron chi connectivity index (χ2n) is 9.68. The number of hydrogen-bond acceptors (Lipinski definition) is 5. The van der Waals surface area contributed by atoms with Gasteiger partial charge in [-0.2, -0.15) is 5.10 Å². The molecule has 8 heteroatoms. The highest BCUT2D eigenvalue weighted by Crippen LogP contribution is 2.26. The van der Waals surface area contributed by atoms with Crippen LogP contribution in [0.4, 0.5) is 0 Å². The van der Waals surface area contributed by atoms with Crippen molar-refractivity contribution in [2.45, 2.75) is 58.9 Å². The minimum Gasteiger partial charge on any atom is -0.342 e. The Kier molecular flexibility index (Phi) is 6.79. The second kappa shape index (κ2) is 9.57. The summed E-state index contributed by atoms with van der Waals surface area (Å²) < 4.78 is 1.89. The lowest BCUT2D eigenvalue weighted by Crippen LogP contribution is -2.52. The summed E-state index contributed by atoms with van der Waals surface area (Å²) in [5.74, 6) is 0.478. The summed E-state index contributed by atoms with van der Waals surface area (Å²) in [7, 11) is 0. The normalized spacial score (nSPS) is 18.2. The molecule has 0 aromatic carbocycles. The van der Waals surface area contributed by atoms with Crippen molar-refractivity contribution in [3.8, 4) is 0 Å². The van der Waals surface area contributed by atoms with Crippen LogP contribution in [0, 0.1) is 0 Å². The van der Waals surface area contributed by atoms with E-state index in [1.54, 1.807) is 6.20 Å². The number of amides is 2. The summed E-state index contributed by atoms with van der Waals surface area (Å²) in [4.78, 5) is 37.0. The first-order valence-corrected chi connectivity index (χ1v) is 12.0. The molecule has 2 aliphatic heterocycles. The van der Waals surface area contributed by atoms with E-state index in [1.807, 2.05) is 20.5 Å². The Bertz CT molecular complexity index is 968. The molecule has 0 bridgehead atoms. The molecule has 2 fully saturated rings. The Morgan fingerprint density at radius 1 is 0.938 bits per heavy atom. The number of nitrogens with zero attached hydrogens (tertiary/aromatic N) is 6. The summed E-state index contributed by atoms with van der Waals surface area (Å²) in [5, 5.41) is 5.32. The van der Waals surface area contributed by atoms with Gasteiger partial charge in [0.05, 0.1) is 23.7 Å². The van der Waals surface area contributed by atoms with Crippen LogP contribution in [-0.4, -0.2) is 87.1 Å². The predicted molar refractivity (Wildman–Crippen MR) is 125 cm³/mol. The van der Waals surface area contributed by atoms with Gasteiger partial charge in [0.2, 0.25) is 5.91 Å². The minimum absolute atomic E-state index is 0.0320. The molecular weight excluding hydrogens is 404 g/mol. The molecule has 0 atom stereocenters. The van der Waals surface area contributed by atoms with Crippen LogP contribution < -0.4 is 0 Å². The summed E-state index contributed by atoms with van der Waals surface area (Å²) in [6.07, 6.45) is 5.22. The molecule has 0 saturated carbocycles. The van der Waals surface area contributed by atoms with Crippen molar-refractivity contribution in [3.63, 3.8) is 0 Å². The van der Waals surface area contributed by atoms with Crippen LogP contribution in [0.2, 0.25) is 0 Å².